The number of carboxylic acid groups (broad SMARTS) is 1. The number of hydrogen-bond acceptors (Lipinski definition) is 3. The van der Waals surface area contributed by atoms with Crippen molar-refractivity contribution in [2.75, 3.05) is 13.2 Å². The summed E-state index contributed by atoms with van der Waals surface area (Å²) in [6.07, 6.45) is 1.30. The molecule has 1 aliphatic heterocycles. The predicted molar refractivity (Wildman–Crippen MR) is 46.7 cm³/mol. The van der Waals surface area contributed by atoms with E-state index in [2.05, 4.69) is 0 Å². The zero-order valence-electron chi connectivity index (χ0n) is 8.25. The van der Waals surface area contributed by atoms with E-state index < -0.39 is 24.6 Å². The molecule has 1 unspecified atom stereocenters. The van der Waals surface area contributed by atoms with Crippen LogP contribution in [0.15, 0.2) is 0 Å². The molecular weight excluding hydrogens is 210 g/mol. The molecule has 0 aromatic rings. The van der Waals surface area contributed by atoms with Gasteiger partial charge in [0.2, 0.25) is 0 Å². The van der Waals surface area contributed by atoms with E-state index in [1.54, 1.807) is 0 Å². The number of carbonyl (C=O) groups is 1. The van der Waals surface area contributed by atoms with Gasteiger partial charge in [0, 0.05) is 13.0 Å². The lowest BCUT2D eigenvalue weighted by Crippen LogP contribution is -2.31. The first-order valence-corrected chi connectivity index (χ1v) is 4.87. The van der Waals surface area contributed by atoms with Gasteiger partial charge in [-0.2, -0.15) is 8.78 Å². The molecule has 1 N–H and O–H groups in total. The number of carboxylic acids is 1. The van der Waals surface area contributed by atoms with Crippen molar-refractivity contribution < 1.29 is 28.2 Å². The van der Waals surface area contributed by atoms with Crippen LogP contribution in [0.3, 0.4) is 0 Å². The number of rotatable bonds is 5. The molecule has 1 fully saturated rings. The van der Waals surface area contributed by atoms with Crippen molar-refractivity contribution in [3.63, 3.8) is 0 Å². The van der Waals surface area contributed by atoms with Gasteiger partial charge < -0.3 is 14.6 Å². The largest absolute Gasteiger partial charge is 0.477 e. The maximum absolute atomic E-state index is 12.6. The molecule has 4 nitrogen and oxygen atoms in total. The number of ether oxygens (including phenoxy) is 2. The predicted octanol–water partition coefficient (Wildman–Crippen LogP) is 1.64. The Labute approximate surface area is 86.2 Å². The highest BCUT2D eigenvalue weighted by molar-refractivity contribution is 5.75. The summed E-state index contributed by atoms with van der Waals surface area (Å²) < 4.78 is 35.3. The van der Waals surface area contributed by atoms with Gasteiger partial charge in [0.05, 0.1) is 6.61 Å². The van der Waals surface area contributed by atoms with E-state index in [1.165, 1.54) is 0 Å². The highest BCUT2D eigenvalue weighted by Crippen LogP contribution is 2.20. The molecule has 0 aliphatic carbocycles. The molecule has 0 amide bonds. The first kappa shape index (κ1) is 12.3. The first-order valence-electron chi connectivity index (χ1n) is 4.87. The van der Waals surface area contributed by atoms with Crippen LogP contribution in [0.5, 0.6) is 0 Å². The minimum atomic E-state index is -3.71. The van der Waals surface area contributed by atoms with Crippen molar-refractivity contribution in [2.45, 2.75) is 37.9 Å². The summed E-state index contributed by atoms with van der Waals surface area (Å²) in [6, 6.07) is 0. The Kier molecular flexibility index (Phi) is 4.41. The Bertz CT molecular complexity index is 214. The van der Waals surface area contributed by atoms with Gasteiger partial charge in [-0.1, -0.05) is 0 Å². The average Bonchev–Trinajstić information content (AvgIpc) is 2.19. The SMILES string of the molecule is O=C(O)C(F)(F)CCOC1CCCCO1. The minimum Gasteiger partial charge on any atom is -0.477 e. The summed E-state index contributed by atoms with van der Waals surface area (Å²) >= 11 is 0. The molecule has 1 atom stereocenters. The van der Waals surface area contributed by atoms with Crippen LogP contribution >= 0.6 is 0 Å². The fourth-order valence-electron chi connectivity index (χ4n) is 1.27. The summed E-state index contributed by atoms with van der Waals surface area (Å²) in [5.41, 5.74) is 0. The van der Waals surface area contributed by atoms with Gasteiger partial charge in [0.1, 0.15) is 0 Å². The van der Waals surface area contributed by atoms with E-state index in [0.717, 1.165) is 12.8 Å². The van der Waals surface area contributed by atoms with Crippen molar-refractivity contribution in [2.24, 2.45) is 0 Å². The van der Waals surface area contributed by atoms with Crippen molar-refractivity contribution in [1.29, 1.82) is 0 Å². The van der Waals surface area contributed by atoms with Crippen molar-refractivity contribution >= 4 is 5.97 Å². The van der Waals surface area contributed by atoms with Gasteiger partial charge in [0.15, 0.2) is 6.29 Å². The fraction of sp³-hybridized carbons (Fsp3) is 0.889. The normalized spacial score (nSPS) is 22.7. The number of hydrogen-bond donors (Lipinski definition) is 1. The maximum atomic E-state index is 12.6. The quantitative estimate of drug-likeness (QED) is 0.771. The van der Waals surface area contributed by atoms with Gasteiger partial charge in [-0.25, -0.2) is 4.79 Å². The second-order valence-corrected chi connectivity index (χ2v) is 3.43. The molecule has 0 saturated carbocycles. The number of aliphatic carboxylic acids is 1. The minimum absolute atomic E-state index is 0.302. The van der Waals surface area contributed by atoms with Gasteiger partial charge >= 0.3 is 11.9 Å². The van der Waals surface area contributed by atoms with Gasteiger partial charge in [-0.3, -0.25) is 0 Å². The second kappa shape index (κ2) is 5.37. The van der Waals surface area contributed by atoms with Crippen molar-refractivity contribution in [3.05, 3.63) is 0 Å². The van der Waals surface area contributed by atoms with Crippen molar-refractivity contribution in [1.82, 2.24) is 0 Å². The third-order valence-corrected chi connectivity index (χ3v) is 2.17. The summed E-state index contributed by atoms with van der Waals surface area (Å²) in [5.74, 6) is -5.83. The van der Waals surface area contributed by atoms with E-state index in [-0.39, 0.29) is 6.61 Å². The molecule has 88 valence electrons. The molecule has 0 bridgehead atoms. The third-order valence-electron chi connectivity index (χ3n) is 2.17. The molecule has 6 heteroatoms. The molecular formula is C9H14F2O4. The Morgan fingerprint density at radius 3 is 2.80 bits per heavy atom. The van der Waals surface area contributed by atoms with Crippen LogP contribution in [-0.2, 0) is 14.3 Å². The summed E-state index contributed by atoms with van der Waals surface area (Å²) in [4.78, 5) is 10.1. The van der Waals surface area contributed by atoms with Crippen LogP contribution in [0.4, 0.5) is 8.78 Å². The highest BCUT2D eigenvalue weighted by atomic mass is 19.3. The Hall–Kier alpha value is -0.750. The monoisotopic (exact) mass is 224 g/mol. The molecule has 0 radical (unpaired) electrons. The standard InChI is InChI=1S/C9H14F2O4/c10-9(11,8(12)13)4-6-15-7-3-1-2-5-14-7/h7H,1-6H2,(H,12,13). The molecule has 15 heavy (non-hydrogen) atoms. The summed E-state index contributed by atoms with van der Waals surface area (Å²) in [7, 11) is 0. The van der Waals surface area contributed by atoms with Crippen LogP contribution in [0.25, 0.3) is 0 Å². The van der Waals surface area contributed by atoms with Crippen LogP contribution in [0.1, 0.15) is 25.7 Å². The van der Waals surface area contributed by atoms with Gasteiger partial charge in [0.25, 0.3) is 0 Å². The fourth-order valence-corrected chi connectivity index (χ4v) is 1.27. The van der Waals surface area contributed by atoms with Crippen LogP contribution < -0.4 is 0 Å². The molecule has 1 rings (SSSR count). The van der Waals surface area contributed by atoms with E-state index in [9.17, 15) is 13.6 Å². The van der Waals surface area contributed by atoms with E-state index in [4.69, 9.17) is 14.6 Å². The lowest BCUT2D eigenvalue weighted by molar-refractivity contribution is -0.183. The Morgan fingerprint density at radius 2 is 2.27 bits per heavy atom. The first-order chi connectivity index (χ1) is 7.02. The van der Waals surface area contributed by atoms with E-state index in [0.29, 0.717) is 13.0 Å². The van der Waals surface area contributed by atoms with Gasteiger partial charge in [-0.15, -0.1) is 0 Å². The van der Waals surface area contributed by atoms with Crippen LogP contribution in [-0.4, -0.2) is 36.5 Å². The van der Waals surface area contributed by atoms with Crippen LogP contribution in [0, 0.1) is 0 Å². The van der Waals surface area contributed by atoms with E-state index >= 15 is 0 Å². The smallest absolute Gasteiger partial charge is 0.374 e. The highest BCUT2D eigenvalue weighted by Gasteiger charge is 2.38. The van der Waals surface area contributed by atoms with Crippen LogP contribution in [0.2, 0.25) is 0 Å². The van der Waals surface area contributed by atoms with E-state index in [1.807, 2.05) is 0 Å². The summed E-state index contributed by atoms with van der Waals surface area (Å²) in [6.45, 7) is 0.268. The molecule has 1 saturated heterocycles. The number of alkyl halides is 2. The zero-order chi connectivity index (χ0) is 11.3. The molecule has 1 heterocycles. The second-order valence-electron chi connectivity index (χ2n) is 3.43. The lowest BCUT2D eigenvalue weighted by Gasteiger charge is -2.23. The molecule has 0 aromatic carbocycles. The Morgan fingerprint density at radius 1 is 1.53 bits per heavy atom. The third kappa shape index (κ3) is 4.09. The summed E-state index contributed by atoms with van der Waals surface area (Å²) in [5, 5.41) is 8.14. The lowest BCUT2D eigenvalue weighted by atomic mass is 10.2. The maximum Gasteiger partial charge on any atom is 0.374 e. The zero-order valence-corrected chi connectivity index (χ0v) is 8.25. The molecule has 1 aliphatic rings. The average molecular weight is 224 g/mol. The number of halogens is 2. The van der Waals surface area contributed by atoms with Crippen molar-refractivity contribution in [3.8, 4) is 0 Å². The molecule has 0 spiro atoms. The Balaban J connectivity index is 2.17. The van der Waals surface area contributed by atoms with Gasteiger partial charge in [-0.05, 0) is 19.3 Å². The molecule has 0 aromatic heterocycles. The topological polar surface area (TPSA) is 55.8 Å².